The number of fused-ring (bicyclic) bond motifs is 1. The second-order valence-corrected chi connectivity index (χ2v) is 9.18. The van der Waals surface area contributed by atoms with Gasteiger partial charge in [-0.3, -0.25) is 4.79 Å². The number of hydrogen-bond donors (Lipinski definition) is 2. The first-order chi connectivity index (χ1) is 15.4. The number of methoxy groups -OCH3 is 1. The molecule has 0 saturated carbocycles. The van der Waals surface area contributed by atoms with Gasteiger partial charge in [0.15, 0.2) is 0 Å². The standard InChI is InChI=1S/C26H25FO4S/c1-15(26(29)30)25(28)18-7-10-24-19(11-18)12-20(14-32-24)16-3-5-17(6-4-16)22-13-21(31-2)8-9-23(22)27/h3-11,13,15,20,25,28H,12,14H2,1-2H3,(H,29,30)/t15-,20?,25+/m0/s1. The van der Waals surface area contributed by atoms with Gasteiger partial charge in [0.2, 0.25) is 0 Å². The maximum atomic E-state index is 14.3. The van der Waals surface area contributed by atoms with Crippen LogP contribution in [0.15, 0.2) is 65.6 Å². The SMILES string of the molecule is COc1ccc(F)c(-c2ccc(C3CSc4ccc([C@H](O)[C@H](C)C(=O)O)cc4C3)cc2)c1. The van der Waals surface area contributed by atoms with Crippen LogP contribution in [0.25, 0.3) is 11.1 Å². The summed E-state index contributed by atoms with van der Waals surface area (Å²) < 4.78 is 19.5. The molecule has 1 aliphatic heterocycles. The Labute approximate surface area is 191 Å². The van der Waals surface area contributed by atoms with E-state index in [0.29, 0.717) is 16.9 Å². The number of carboxylic acids is 1. The van der Waals surface area contributed by atoms with E-state index in [1.165, 1.54) is 18.6 Å². The summed E-state index contributed by atoms with van der Waals surface area (Å²) >= 11 is 1.76. The minimum atomic E-state index is -1.04. The van der Waals surface area contributed by atoms with Gasteiger partial charge < -0.3 is 14.9 Å². The molecule has 4 rings (SSSR count). The Hall–Kier alpha value is -2.83. The molecule has 0 radical (unpaired) electrons. The number of ether oxygens (including phenoxy) is 1. The molecule has 166 valence electrons. The molecule has 3 atom stereocenters. The molecule has 1 aliphatic rings. The van der Waals surface area contributed by atoms with Crippen LogP contribution in [0.1, 0.15) is 35.6 Å². The fraction of sp³-hybridized carbons (Fsp3) is 0.269. The molecule has 4 nitrogen and oxygen atoms in total. The highest BCUT2D eigenvalue weighted by molar-refractivity contribution is 7.99. The van der Waals surface area contributed by atoms with E-state index in [4.69, 9.17) is 4.74 Å². The van der Waals surface area contributed by atoms with Crippen molar-refractivity contribution in [1.29, 1.82) is 0 Å². The zero-order valence-corrected chi connectivity index (χ0v) is 18.7. The molecule has 32 heavy (non-hydrogen) atoms. The Kier molecular flexibility index (Phi) is 6.53. The summed E-state index contributed by atoms with van der Waals surface area (Å²) in [4.78, 5) is 12.4. The van der Waals surface area contributed by atoms with Crippen molar-refractivity contribution in [3.8, 4) is 16.9 Å². The summed E-state index contributed by atoms with van der Waals surface area (Å²) in [5.41, 5.74) is 4.21. The van der Waals surface area contributed by atoms with Crippen molar-refractivity contribution >= 4 is 17.7 Å². The van der Waals surface area contributed by atoms with Crippen LogP contribution < -0.4 is 4.74 Å². The van der Waals surface area contributed by atoms with Gasteiger partial charge in [0.1, 0.15) is 11.6 Å². The fourth-order valence-corrected chi connectivity index (χ4v) is 5.21. The molecule has 2 N–H and O–H groups in total. The first-order valence-corrected chi connectivity index (χ1v) is 11.5. The van der Waals surface area contributed by atoms with Crippen molar-refractivity contribution in [1.82, 2.24) is 0 Å². The van der Waals surface area contributed by atoms with E-state index in [-0.39, 0.29) is 11.7 Å². The average Bonchev–Trinajstić information content (AvgIpc) is 2.82. The van der Waals surface area contributed by atoms with Crippen LogP contribution in [0, 0.1) is 11.7 Å². The van der Waals surface area contributed by atoms with Crippen molar-refractivity contribution < 1.29 is 24.1 Å². The van der Waals surface area contributed by atoms with Gasteiger partial charge in [-0.05, 0) is 65.8 Å². The summed E-state index contributed by atoms with van der Waals surface area (Å²) in [6.07, 6.45) is -0.239. The first kappa shape index (κ1) is 22.4. The van der Waals surface area contributed by atoms with Crippen molar-refractivity contribution in [3.63, 3.8) is 0 Å². The number of carbonyl (C=O) groups is 1. The van der Waals surface area contributed by atoms with Crippen LogP contribution in [0.2, 0.25) is 0 Å². The van der Waals surface area contributed by atoms with Crippen molar-refractivity contribution in [2.75, 3.05) is 12.9 Å². The molecular weight excluding hydrogens is 427 g/mol. The smallest absolute Gasteiger partial charge is 0.309 e. The third-order valence-electron chi connectivity index (χ3n) is 6.06. The van der Waals surface area contributed by atoms with Crippen LogP contribution in [0.5, 0.6) is 5.75 Å². The highest BCUT2D eigenvalue weighted by Gasteiger charge is 2.26. The van der Waals surface area contributed by atoms with Crippen molar-refractivity contribution in [2.45, 2.75) is 30.3 Å². The van der Waals surface area contributed by atoms with E-state index in [9.17, 15) is 19.4 Å². The number of benzene rings is 3. The van der Waals surface area contributed by atoms with Crippen LogP contribution in [0.3, 0.4) is 0 Å². The lowest BCUT2D eigenvalue weighted by atomic mass is 9.89. The van der Waals surface area contributed by atoms with E-state index in [0.717, 1.165) is 28.2 Å². The molecule has 6 heteroatoms. The van der Waals surface area contributed by atoms with Gasteiger partial charge in [-0.1, -0.05) is 36.4 Å². The van der Waals surface area contributed by atoms with Crippen LogP contribution in [-0.2, 0) is 11.2 Å². The van der Waals surface area contributed by atoms with Gasteiger partial charge in [-0.2, -0.15) is 0 Å². The molecule has 0 bridgehead atoms. The minimum absolute atomic E-state index is 0.279. The third-order valence-corrected chi connectivity index (χ3v) is 7.34. The number of aliphatic hydroxyl groups is 1. The van der Waals surface area contributed by atoms with E-state index < -0.39 is 18.0 Å². The van der Waals surface area contributed by atoms with Gasteiger partial charge in [-0.15, -0.1) is 11.8 Å². The molecular formula is C26H25FO4S. The fourth-order valence-electron chi connectivity index (χ4n) is 4.02. The van der Waals surface area contributed by atoms with Gasteiger partial charge >= 0.3 is 5.97 Å². The summed E-state index contributed by atoms with van der Waals surface area (Å²) in [7, 11) is 1.56. The van der Waals surface area contributed by atoms with Gasteiger partial charge in [0.05, 0.1) is 19.1 Å². The Bertz CT molecular complexity index is 1130. The summed E-state index contributed by atoms with van der Waals surface area (Å²) in [5.74, 6) is -0.364. The highest BCUT2D eigenvalue weighted by Crippen LogP contribution is 2.40. The molecule has 1 unspecified atom stereocenters. The number of carboxylic acid groups (broad SMARTS) is 1. The molecule has 0 amide bonds. The number of aliphatic hydroxyl groups excluding tert-OH is 1. The topological polar surface area (TPSA) is 66.8 Å². The van der Waals surface area contributed by atoms with Crippen LogP contribution in [0.4, 0.5) is 4.39 Å². The zero-order valence-electron chi connectivity index (χ0n) is 17.9. The summed E-state index contributed by atoms with van der Waals surface area (Å²) in [5, 5.41) is 19.6. The van der Waals surface area contributed by atoms with E-state index >= 15 is 0 Å². The molecule has 0 aromatic heterocycles. The molecule has 3 aromatic rings. The Morgan fingerprint density at radius 1 is 1.12 bits per heavy atom. The predicted molar refractivity (Wildman–Crippen MR) is 124 cm³/mol. The molecule has 1 heterocycles. The molecule has 0 saturated heterocycles. The number of thioether (sulfide) groups is 1. The van der Waals surface area contributed by atoms with Crippen LogP contribution >= 0.6 is 11.8 Å². The van der Waals surface area contributed by atoms with Gasteiger partial charge in [0.25, 0.3) is 0 Å². The number of hydrogen-bond acceptors (Lipinski definition) is 4. The van der Waals surface area contributed by atoms with E-state index in [1.54, 1.807) is 31.0 Å². The maximum Gasteiger partial charge on any atom is 0.309 e. The lowest BCUT2D eigenvalue weighted by Crippen LogP contribution is -2.19. The molecule has 3 aromatic carbocycles. The normalized spacial score (nSPS) is 17.3. The Morgan fingerprint density at radius 2 is 1.88 bits per heavy atom. The van der Waals surface area contributed by atoms with Gasteiger partial charge in [-0.25, -0.2) is 4.39 Å². The third kappa shape index (κ3) is 4.52. The summed E-state index contributed by atoms with van der Waals surface area (Å²) in [6, 6.07) is 18.4. The first-order valence-electron chi connectivity index (χ1n) is 10.5. The lowest BCUT2D eigenvalue weighted by Gasteiger charge is -2.26. The van der Waals surface area contributed by atoms with Crippen molar-refractivity contribution in [3.05, 3.63) is 83.2 Å². The predicted octanol–water partition coefficient (Wildman–Crippen LogP) is 5.69. The maximum absolute atomic E-state index is 14.3. The number of halogens is 1. The Morgan fingerprint density at radius 3 is 2.56 bits per heavy atom. The van der Waals surface area contributed by atoms with E-state index in [1.807, 2.05) is 42.5 Å². The number of rotatable bonds is 6. The lowest BCUT2D eigenvalue weighted by molar-refractivity contribution is -0.145. The molecule has 0 aliphatic carbocycles. The monoisotopic (exact) mass is 452 g/mol. The van der Waals surface area contributed by atoms with Crippen molar-refractivity contribution in [2.24, 2.45) is 5.92 Å². The minimum Gasteiger partial charge on any atom is -0.497 e. The zero-order chi connectivity index (χ0) is 22.8. The largest absolute Gasteiger partial charge is 0.497 e. The molecule has 0 spiro atoms. The van der Waals surface area contributed by atoms with Crippen LogP contribution in [-0.4, -0.2) is 29.0 Å². The quantitative estimate of drug-likeness (QED) is 0.503. The van der Waals surface area contributed by atoms with E-state index in [2.05, 4.69) is 0 Å². The average molecular weight is 453 g/mol. The summed E-state index contributed by atoms with van der Waals surface area (Å²) in [6.45, 7) is 1.51. The highest BCUT2D eigenvalue weighted by atomic mass is 32.2. The second kappa shape index (κ2) is 9.35. The molecule has 0 fully saturated rings. The Balaban J connectivity index is 1.55. The van der Waals surface area contributed by atoms with Gasteiger partial charge in [0, 0.05) is 16.2 Å². The number of aliphatic carboxylic acids is 1. The second-order valence-electron chi connectivity index (χ2n) is 8.12.